The predicted molar refractivity (Wildman–Crippen MR) is 42.8 cm³/mol. The maximum atomic E-state index is 10.3. The third kappa shape index (κ3) is 2.01. The zero-order valence-electron chi connectivity index (χ0n) is 6.20. The third-order valence-corrected chi connectivity index (χ3v) is 2.37. The zero-order chi connectivity index (χ0) is 8.27. The first-order valence-electron chi connectivity index (χ1n) is 3.38. The molecule has 0 aliphatic rings. The van der Waals surface area contributed by atoms with E-state index in [9.17, 15) is 4.79 Å². The quantitative estimate of drug-likeness (QED) is 0.746. The molecule has 1 aromatic rings. The Morgan fingerprint density at radius 1 is 1.82 bits per heavy atom. The van der Waals surface area contributed by atoms with E-state index in [0.717, 1.165) is 16.9 Å². The largest absolute Gasteiger partial charge is 0.481 e. The molecule has 0 aliphatic heterocycles. The molecule has 1 rings (SSSR count). The number of hydrogen-bond donors (Lipinski definition) is 1. The van der Waals surface area contributed by atoms with Crippen LogP contribution in [0.2, 0.25) is 0 Å². The van der Waals surface area contributed by atoms with Gasteiger partial charge in [0.15, 0.2) is 0 Å². The van der Waals surface area contributed by atoms with Crippen LogP contribution in [0.25, 0.3) is 0 Å². The molecule has 3 nitrogen and oxygen atoms in total. The first-order valence-corrected chi connectivity index (χ1v) is 4.15. The summed E-state index contributed by atoms with van der Waals surface area (Å²) in [5.41, 5.74) is 0.852. The lowest BCUT2D eigenvalue weighted by Crippen LogP contribution is -2.00. The van der Waals surface area contributed by atoms with Crippen molar-refractivity contribution in [2.75, 3.05) is 0 Å². The summed E-state index contributed by atoms with van der Waals surface area (Å²) >= 11 is 1.38. The summed E-state index contributed by atoms with van der Waals surface area (Å²) in [5, 5.41) is 8.48. The van der Waals surface area contributed by atoms with Crippen molar-refractivity contribution in [3.8, 4) is 0 Å². The number of aromatic nitrogens is 1. The van der Waals surface area contributed by atoms with Gasteiger partial charge in [-0.1, -0.05) is 6.92 Å². The second-order valence-electron chi connectivity index (χ2n) is 2.20. The van der Waals surface area contributed by atoms with Gasteiger partial charge in [0.1, 0.15) is 0 Å². The molecule has 1 aromatic heterocycles. The minimum absolute atomic E-state index is 0.0969. The number of hydrogen-bond acceptors (Lipinski definition) is 3. The molecule has 60 valence electrons. The molecule has 0 spiro atoms. The highest BCUT2D eigenvalue weighted by Gasteiger charge is 2.06. The molecule has 0 unspecified atom stereocenters. The highest BCUT2D eigenvalue weighted by Crippen LogP contribution is 2.14. The number of aliphatic carboxylic acids is 1. The van der Waals surface area contributed by atoms with Gasteiger partial charge in [-0.2, -0.15) is 0 Å². The Balaban J connectivity index is 2.76. The molecule has 0 amide bonds. The summed E-state index contributed by atoms with van der Waals surface area (Å²) in [5.74, 6) is -0.792. The van der Waals surface area contributed by atoms with E-state index in [4.69, 9.17) is 5.11 Å². The minimum atomic E-state index is -0.792. The number of carboxylic acids is 1. The summed E-state index contributed by atoms with van der Waals surface area (Å²) in [7, 11) is 0. The Labute approximate surface area is 68.8 Å². The standard InChI is InChI=1S/C7H9NO2S/c1-2-6-5(3-7(9)10)4-8-11-6/h4H,2-3H2,1H3,(H,9,10). The molecule has 0 aliphatic carbocycles. The van der Waals surface area contributed by atoms with Crippen LogP contribution >= 0.6 is 11.5 Å². The van der Waals surface area contributed by atoms with E-state index in [0.29, 0.717) is 0 Å². The van der Waals surface area contributed by atoms with E-state index in [1.54, 1.807) is 6.20 Å². The van der Waals surface area contributed by atoms with Crippen molar-refractivity contribution >= 4 is 17.5 Å². The molecule has 0 saturated heterocycles. The molecule has 1 heterocycles. The van der Waals surface area contributed by atoms with Crippen molar-refractivity contribution in [1.82, 2.24) is 4.37 Å². The lowest BCUT2D eigenvalue weighted by molar-refractivity contribution is -0.136. The van der Waals surface area contributed by atoms with E-state index >= 15 is 0 Å². The Bertz CT molecular complexity index is 257. The van der Waals surface area contributed by atoms with E-state index in [1.165, 1.54) is 11.5 Å². The lowest BCUT2D eigenvalue weighted by atomic mass is 10.2. The SMILES string of the molecule is CCc1sncc1CC(=O)O. The molecular weight excluding hydrogens is 162 g/mol. The van der Waals surface area contributed by atoms with Crippen molar-refractivity contribution in [2.24, 2.45) is 0 Å². The van der Waals surface area contributed by atoms with Gasteiger partial charge in [-0.15, -0.1) is 0 Å². The summed E-state index contributed by atoms with van der Waals surface area (Å²) in [4.78, 5) is 11.4. The summed E-state index contributed by atoms with van der Waals surface area (Å²) in [6.45, 7) is 2.00. The maximum absolute atomic E-state index is 10.3. The number of aryl methyl sites for hydroxylation is 1. The highest BCUT2D eigenvalue weighted by molar-refractivity contribution is 7.05. The van der Waals surface area contributed by atoms with E-state index < -0.39 is 5.97 Å². The Morgan fingerprint density at radius 2 is 2.55 bits per heavy atom. The zero-order valence-corrected chi connectivity index (χ0v) is 7.02. The molecular formula is C7H9NO2S. The second kappa shape index (κ2) is 3.48. The van der Waals surface area contributed by atoms with Gasteiger partial charge < -0.3 is 5.11 Å². The fraction of sp³-hybridized carbons (Fsp3) is 0.429. The number of carbonyl (C=O) groups is 1. The normalized spacial score (nSPS) is 9.91. The molecule has 0 fully saturated rings. The van der Waals surface area contributed by atoms with Gasteiger partial charge in [0.05, 0.1) is 6.42 Å². The van der Waals surface area contributed by atoms with Crippen LogP contribution in [0.4, 0.5) is 0 Å². The number of carboxylic acid groups (broad SMARTS) is 1. The van der Waals surface area contributed by atoms with Gasteiger partial charge in [-0.3, -0.25) is 4.79 Å². The lowest BCUT2D eigenvalue weighted by Gasteiger charge is -1.93. The fourth-order valence-corrected chi connectivity index (χ4v) is 1.56. The Hall–Kier alpha value is -0.900. The first kappa shape index (κ1) is 8.20. The monoisotopic (exact) mass is 171 g/mol. The Kier molecular flexibility index (Phi) is 2.59. The average molecular weight is 171 g/mol. The molecule has 1 N–H and O–H groups in total. The highest BCUT2D eigenvalue weighted by atomic mass is 32.1. The molecule has 0 bridgehead atoms. The van der Waals surface area contributed by atoms with Crippen molar-refractivity contribution in [3.05, 3.63) is 16.6 Å². The van der Waals surface area contributed by atoms with Crippen LogP contribution in [0.15, 0.2) is 6.20 Å². The predicted octanol–water partition coefficient (Wildman–Crippen LogP) is 1.33. The number of nitrogens with zero attached hydrogens (tertiary/aromatic N) is 1. The van der Waals surface area contributed by atoms with E-state index in [1.807, 2.05) is 6.92 Å². The summed E-state index contributed by atoms with van der Waals surface area (Å²) in [6, 6.07) is 0. The molecule has 0 atom stereocenters. The second-order valence-corrected chi connectivity index (χ2v) is 3.08. The van der Waals surface area contributed by atoms with E-state index in [2.05, 4.69) is 4.37 Å². The van der Waals surface area contributed by atoms with Crippen LogP contribution in [-0.2, 0) is 17.6 Å². The van der Waals surface area contributed by atoms with Gasteiger partial charge in [0.25, 0.3) is 0 Å². The van der Waals surface area contributed by atoms with Crippen LogP contribution in [0.1, 0.15) is 17.4 Å². The van der Waals surface area contributed by atoms with Crippen molar-refractivity contribution < 1.29 is 9.90 Å². The van der Waals surface area contributed by atoms with Gasteiger partial charge >= 0.3 is 5.97 Å². The molecule has 0 radical (unpaired) electrons. The van der Waals surface area contributed by atoms with Gasteiger partial charge in [0, 0.05) is 11.1 Å². The maximum Gasteiger partial charge on any atom is 0.307 e. The fourth-order valence-electron chi connectivity index (χ4n) is 0.883. The van der Waals surface area contributed by atoms with Crippen molar-refractivity contribution in [3.63, 3.8) is 0 Å². The molecule has 11 heavy (non-hydrogen) atoms. The third-order valence-electron chi connectivity index (χ3n) is 1.39. The van der Waals surface area contributed by atoms with Crippen LogP contribution in [-0.4, -0.2) is 15.4 Å². The van der Waals surface area contributed by atoms with Gasteiger partial charge in [-0.25, -0.2) is 4.37 Å². The summed E-state index contributed by atoms with van der Waals surface area (Å²) < 4.78 is 3.92. The van der Waals surface area contributed by atoms with E-state index in [-0.39, 0.29) is 6.42 Å². The smallest absolute Gasteiger partial charge is 0.307 e. The summed E-state index contributed by atoms with van der Waals surface area (Å²) in [6.07, 6.45) is 2.60. The van der Waals surface area contributed by atoms with Crippen LogP contribution in [0.5, 0.6) is 0 Å². The average Bonchev–Trinajstić information content (AvgIpc) is 2.34. The van der Waals surface area contributed by atoms with Crippen LogP contribution in [0.3, 0.4) is 0 Å². The topological polar surface area (TPSA) is 50.2 Å². The van der Waals surface area contributed by atoms with Gasteiger partial charge in [-0.05, 0) is 23.5 Å². The van der Waals surface area contributed by atoms with Crippen LogP contribution in [0, 0.1) is 0 Å². The van der Waals surface area contributed by atoms with Crippen LogP contribution < -0.4 is 0 Å². The molecule has 4 heteroatoms. The number of rotatable bonds is 3. The Morgan fingerprint density at radius 3 is 3.09 bits per heavy atom. The van der Waals surface area contributed by atoms with Crippen molar-refractivity contribution in [2.45, 2.75) is 19.8 Å². The molecule has 0 aromatic carbocycles. The van der Waals surface area contributed by atoms with Crippen molar-refractivity contribution in [1.29, 1.82) is 0 Å². The molecule has 0 saturated carbocycles. The van der Waals surface area contributed by atoms with Gasteiger partial charge in [0.2, 0.25) is 0 Å². The first-order chi connectivity index (χ1) is 5.24. The minimum Gasteiger partial charge on any atom is -0.481 e.